The summed E-state index contributed by atoms with van der Waals surface area (Å²) in [6.07, 6.45) is -0.469. The Bertz CT molecular complexity index is 447. The van der Waals surface area contributed by atoms with Crippen LogP contribution in [-0.4, -0.2) is 24.8 Å². The Balaban J connectivity index is 2.57. The molecule has 0 saturated heterocycles. The van der Waals surface area contributed by atoms with Crippen molar-refractivity contribution in [3.05, 3.63) is 33.7 Å². The van der Waals surface area contributed by atoms with Crippen LogP contribution in [0.4, 0.5) is 0 Å². The molecule has 1 atom stereocenters. The molecule has 6 heteroatoms. The van der Waals surface area contributed by atoms with E-state index < -0.39 is 6.10 Å². The van der Waals surface area contributed by atoms with Gasteiger partial charge < -0.3 is 14.9 Å². The molecule has 1 rings (SSSR count). The number of halogens is 1. The third-order valence-electron chi connectivity index (χ3n) is 2.56. The quantitative estimate of drug-likeness (QED) is 0.618. The lowest BCUT2D eigenvalue weighted by molar-refractivity contribution is 0.0183. The van der Waals surface area contributed by atoms with E-state index in [2.05, 4.69) is 10.7 Å². The van der Waals surface area contributed by atoms with E-state index in [1.807, 2.05) is 39.8 Å². The molecule has 1 aromatic carbocycles. The number of hydrogen-bond donors (Lipinski definition) is 1. The Hall–Kier alpha value is -1.33. The summed E-state index contributed by atoms with van der Waals surface area (Å²) in [4.78, 5) is 15.1. The summed E-state index contributed by atoms with van der Waals surface area (Å²) in [6.45, 7) is 8.67. The summed E-state index contributed by atoms with van der Waals surface area (Å²) in [7, 11) is 0. The normalized spacial score (nSPS) is 12.8. The zero-order valence-corrected chi connectivity index (χ0v) is 13.0. The fourth-order valence-corrected chi connectivity index (χ4v) is 1.68. The van der Waals surface area contributed by atoms with Crippen molar-refractivity contribution >= 4 is 11.6 Å². The van der Waals surface area contributed by atoms with Crippen molar-refractivity contribution in [2.24, 2.45) is 5.34 Å². The summed E-state index contributed by atoms with van der Waals surface area (Å²) >= 11 is 6.04. The van der Waals surface area contributed by atoms with Crippen LogP contribution in [0, 0.1) is 11.8 Å². The number of hydrogen-bond acceptors (Lipinski definition) is 5. The SMILES string of the molecule is Cc1ccc(Cl)c(OCC(CNC(C)(C)C)ON=O)c1. The molecule has 5 nitrogen and oxygen atoms in total. The topological polar surface area (TPSA) is 59.9 Å². The van der Waals surface area contributed by atoms with Crippen LogP contribution >= 0.6 is 11.6 Å². The average Bonchev–Trinajstić information content (AvgIpc) is 2.35. The maximum atomic E-state index is 10.3. The van der Waals surface area contributed by atoms with Crippen LogP contribution in [0.3, 0.4) is 0 Å². The molecule has 0 aliphatic rings. The first-order valence-electron chi connectivity index (χ1n) is 6.44. The first kappa shape index (κ1) is 16.7. The lowest BCUT2D eigenvalue weighted by Gasteiger charge is -2.23. The highest BCUT2D eigenvalue weighted by molar-refractivity contribution is 6.32. The van der Waals surface area contributed by atoms with Gasteiger partial charge in [0.1, 0.15) is 12.4 Å². The molecule has 20 heavy (non-hydrogen) atoms. The highest BCUT2D eigenvalue weighted by Gasteiger charge is 2.17. The van der Waals surface area contributed by atoms with Crippen molar-refractivity contribution in [2.45, 2.75) is 39.3 Å². The Kier molecular flexibility index (Phi) is 6.23. The highest BCUT2D eigenvalue weighted by atomic mass is 35.5. The van der Waals surface area contributed by atoms with Gasteiger partial charge in [-0.05, 0) is 45.4 Å². The zero-order valence-electron chi connectivity index (χ0n) is 12.3. The van der Waals surface area contributed by atoms with E-state index in [0.29, 0.717) is 17.3 Å². The molecule has 0 bridgehead atoms. The molecule has 0 aliphatic heterocycles. The molecule has 0 radical (unpaired) electrons. The predicted octanol–water partition coefficient (Wildman–Crippen LogP) is 3.48. The largest absolute Gasteiger partial charge is 0.488 e. The third kappa shape index (κ3) is 6.21. The highest BCUT2D eigenvalue weighted by Crippen LogP contribution is 2.25. The van der Waals surface area contributed by atoms with Gasteiger partial charge in [0.05, 0.1) is 5.02 Å². The van der Waals surface area contributed by atoms with Gasteiger partial charge in [0.15, 0.2) is 11.4 Å². The van der Waals surface area contributed by atoms with E-state index in [0.717, 1.165) is 5.56 Å². The molecule has 0 heterocycles. The van der Waals surface area contributed by atoms with E-state index in [1.165, 1.54) is 0 Å². The maximum Gasteiger partial charge on any atom is 0.176 e. The second kappa shape index (κ2) is 7.45. The molecule has 0 amide bonds. The number of benzene rings is 1. The van der Waals surface area contributed by atoms with Crippen LogP contribution < -0.4 is 10.1 Å². The van der Waals surface area contributed by atoms with Crippen molar-refractivity contribution in [1.29, 1.82) is 0 Å². The van der Waals surface area contributed by atoms with E-state index in [1.54, 1.807) is 6.07 Å². The third-order valence-corrected chi connectivity index (χ3v) is 2.88. The molecule has 0 fully saturated rings. The zero-order chi connectivity index (χ0) is 15.2. The molecule has 0 spiro atoms. The summed E-state index contributed by atoms with van der Waals surface area (Å²) < 4.78 is 5.60. The number of nitrogens with zero attached hydrogens (tertiary/aromatic N) is 1. The summed E-state index contributed by atoms with van der Waals surface area (Å²) in [6, 6.07) is 5.51. The van der Waals surface area contributed by atoms with E-state index in [9.17, 15) is 4.91 Å². The molecular weight excluding hydrogens is 280 g/mol. The summed E-state index contributed by atoms with van der Waals surface area (Å²) in [5.41, 5.74) is 0.967. The fraction of sp³-hybridized carbons (Fsp3) is 0.571. The molecule has 1 N–H and O–H groups in total. The van der Waals surface area contributed by atoms with Crippen molar-refractivity contribution < 1.29 is 9.57 Å². The van der Waals surface area contributed by atoms with Crippen LogP contribution in [0.25, 0.3) is 0 Å². The lowest BCUT2D eigenvalue weighted by atomic mass is 10.1. The van der Waals surface area contributed by atoms with Gasteiger partial charge in [0, 0.05) is 12.1 Å². The van der Waals surface area contributed by atoms with Crippen molar-refractivity contribution in [3.63, 3.8) is 0 Å². The first-order chi connectivity index (χ1) is 9.31. The fourth-order valence-electron chi connectivity index (χ4n) is 1.51. The van der Waals surface area contributed by atoms with Gasteiger partial charge in [-0.25, -0.2) is 0 Å². The van der Waals surface area contributed by atoms with Crippen molar-refractivity contribution in [3.8, 4) is 5.75 Å². The number of ether oxygens (including phenoxy) is 1. The smallest absolute Gasteiger partial charge is 0.176 e. The van der Waals surface area contributed by atoms with Gasteiger partial charge in [0.2, 0.25) is 0 Å². The van der Waals surface area contributed by atoms with Crippen molar-refractivity contribution in [2.75, 3.05) is 13.2 Å². The minimum Gasteiger partial charge on any atom is -0.488 e. The van der Waals surface area contributed by atoms with Crippen LogP contribution in [0.1, 0.15) is 26.3 Å². The van der Waals surface area contributed by atoms with Gasteiger partial charge in [0.25, 0.3) is 0 Å². The van der Waals surface area contributed by atoms with E-state index >= 15 is 0 Å². The first-order valence-corrected chi connectivity index (χ1v) is 6.82. The Morgan fingerprint density at radius 2 is 2.10 bits per heavy atom. The van der Waals surface area contributed by atoms with Crippen LogP contribution in [0.15, 0.2) is 23.5 Å². The minimum absolute atomic E-state index is 0.0779. The second-order valence-corrected chi connectivity index (χ2v) is 6.08. The average molecular weight is 301 g/mol. The Morgan fingerprint density at radius 3 is 2.70 bits per heavy atom. The monoisotopic (exact) mass is 300 g/mol. The number of nitrogens with one attached hydrogen (secondary N) is 1. The molecule has 0 saturated carbocycles. The number of aryl methyl sites for hydroxylation is 1. The predicted molar refractivity (Wildman–Crippen MR) is 80.1 cm³/mol. The van der Waals surface area contributed by atoms with Crippen LogP contribution in [0.5, 0.6) is 5.75 Å². The molecule has 0 aromatic heterocycles. The summed E-state index contributed by atoms with van der Waals surface area (Å²) in [5.74, 6) is 0.571. The Morgan fingerprint density at radius 1 is 1.40 bits per heavy atom. The van der Waals surface area contributed by atoms with Crippen LogP contribution in [0.2, 0.25) is 5.02 Å². The summed E-state index contributed by atoms with van der Waals surface area (Å²) in [5, 5.41) is 6.24. The standard InChI is InChI=1S/C14H21ClN2O3/c1-10-5-6-12(15)13(7-10)19-9-11(20-17-18)8-16-14(2,3)4/h5-7,11,16H,8-9H2,1-4H3. The van der Waals surface area contributed by atoms with Gasteiger partial charge in [-0.1, -0.05) is 17.7 Å². The van der Waals surface area contributed by atoms with Gasteiger partial charge in [-0.15, -0.1) is 4.91 Å². The number of rotatable bonds is 7. The molecule has 1 aromatic rings. The maximum absolute atomic E-state index is 10.3. The van der Waals surface area contributed by atoms with Crippen molar-refractivity contribution in [1.82, 2.24) is 5.32 Å². The van der Waals surface area contributed by atoms with Gasteiger partial charge in [-0.2, -0.15) is 0 Å². The second-order valence-electron chi connectivity index (χ2n) is 5.68. The molecule has 0 aliphatic carbocycles. The van der Waals surface area contributed by atoms with E-state index in [-0.39, 0.29) is 12.1 Å². The molecule has 1 unspecified atom stereocenters. The van der Waals surface area contributed by atoms with Crippen LogP contribution in [-0.2, 0) is 4.84 Å². The van der Waals surface area contributed by atoms with E-state index in [4.69, 9.17) is 21.2 Å². The minimum atomic E-state index is -0.469. The molecule has 112 valence electrons. The van der Waals surface area contributed by atoms with Gasteiger partial charge >= 0.3 is 0 Å². The molecular formula is C14H21ClN2O3. The van der Waals surface area contributed by atoms with Gasteiger partial charge in [-0.3, -0.25) is 0 Å². The lowest BCUT2D eigenvalue weighted by Crippen LogP contribution is -2.43. The Labute approximate surface area is 124 Å².